The Morgan fingerprint density at radius 3 is 2.29 bits per heavy atom. The molecule has 13 heteroatoms. The monoisotopic (exact) mass is 733 g/mol. The van der Waals surface area contributed by atoms with Crippen molar-refractivity contribution < 1.29 is 35.1 Å². The minimum atomic E-state index is -4.01. The Kier molecular flexibility index (Phi) is 10.6. The van der Waals surface area contributed by atoms with Gasteiger partial charge in [-0.2, -0.15) is 16.8 Å². The first-order valence-electron chi connectivity index (χ1n) is 13.4. The molecule has 1 atom stereocenters. The predicted octanol–water partition coefficient (Wildman–Crippen LogP) is 7.24. The molecular weight excluding hydrogens is 702 g/mol. The Hall–Kier alpha value is -1.90. The van der Waals surface area contributed by atoms with E-state index in [1.165, 1.54) is 0 Å². The van der Waals surface area contributed by atoms with E-state index < -0.39 is 20.2 Å². The average Bonchev–Trinajstić information content (AvgIpc) is 3.39. The lowest BCUT2D eigenvalue weighted by atomic mass is 10.0. The van der Waals surface area contributed by atoms with Crippen LogP contribution in [0.2, 0.25) is 0 Å². The van der Waals surface area contributed by atoms with Crippen LogP contribution in [-0.2, 0) is 26.7 Å². The summed E-state index contributed by atoms with van der Waals surface area (Å²) in [6.45, 7) is 2.62. The number of halogens is 2. The molecule has 2 heterocycles. The fourth-order valence-electron chi connectivity index (χ4n) is 4.98. The number of rotatable bonds is 14. The molecule has 2 N–H and O–H groups in total. The molecule has 1 aliphatic heterocycles. The molecule has 0 saturated carbocycles. The number of ether oxygens (including phenoxy) is 1. The summed E-state index contributed by atoms with van der Waals surface area (Å²) in [6, 6.07) is 11.6. The van der Waals surface area contributed by atoms with Crippen LogP contribution in [0, 0.1) is 0 Å². The number of unbranched alkanes of at least 4 members (excludes halogenated alkanes) is 2. The quantitative estimate of drug-likeness (QED) is 0.130. The zero-order chi connectivity index (χ0) is 29.8. The molecule has 1 aliphatic rings. The summed E-state index contributed by atoms with van der Waals surface area (Å²) in [6.07, 6.45) is 5.40. The van der Waals surface area contributed by atoms with E-state index >= 15 is 0 Å². The lowest BCUT2D eigenvalue weighted by Gasteiger charge is -2.26. The van der Waals surface area contributed by atoms with Gasteiger partial charge >= 0.3 is 0 Å². The Bertz CT molecular complexity index is 1630. The van der Waals surface area contributed by atoms with Crippen molar-refractivity contribution in [1.29, 1.82) is 0 Å². The minimum absolute atomic E-state index is 0.284. The maximum Gasteiger partial charge on any atom is 0.264 e. The molecule has 1 unspecified atom stereocenters. The van der Waals surface area contributed by atoms with Crippen LogP contribution in [0.15, 0.2) is 55.3 Å². The van der Waals surface area contributed by atoms with Crippen LogP contribution >= 0.6 is 31.9 Å². The summed E-state index contributed by atoms with van der Waals surface area (Å²) < 4.78 is 77.4. The lowest BCUT2D eigenvalue weighted by Crippen LogP contribution is -2.36. The van der Waals surface area contributed by atoms with Gasteiger partial charge in [0.05, 0.1) is 17.2 Å². The van der Waals surface area contributed by atoms with E-state index in [1.54, 1.807) is 0 Å². The molecule has 4 rings (SSSR count). The molecule has 0 fully saturated rings. The zero-order valence-electron chi connectivity index (χ0n) is 22.6. The fourth-order valence-corrected chi connectivity index (χ4v) is 6.83. The number of aryl methyl sites for hydroxylation is 1. The standard InChI is InChI=1S/C28H33Br2NO8S2/c1-2-19(15-27-22(7-3-5-13-40(32,33)34)23-17-20(29)8-10-25(23)38-27)16-28-31(12-4-6-14-41(35,36)37)24-18-21(30)9-11-26(24)39-28/h8-11,15,17-18,28H,2-7,12-14,16H2,1H3,(H,32,33,34)(H,35,36,37)/b19-15-. The Balaban J connectivity index is 1.58. The highest BCUT2D eigenvalue weighted by molar-refractivity contribution is 9.10. The molecule has 41 heavy (non-hydrogen) atoms. The first kappa shape index (κ1) is 32.0. The number of fused-ring (bicyclic) bond motifs is 2. The third kappa shape index (κ3) is 9.04. The van der Waals surface area contributed by atoms with Crippen LogP contribution in [0.5, 0.6) is 5.75 Å². The molecule has 0 bridgehead atoms. The predicted molar refractivity (Wildman–Crippen MR) is 168 cm³/mol. The van der Waals surface area contributed by atoms with E-state index in [-0.39, 0.29) is 17.7 Å². The van der Waals surface area contributed by atoms with Gasteiger partial charge in [0.1, 0.15) is 17.1 Å². The van der Waals surface area contributed by atoms with E-state index in [0.717, 1.165) is 48.9 Å². The maximum absolute atomic E-state index is 11.2. The topological polar surface area (TPSA) is 134 Å². The molecule has 2 aromatic carbocycles. The van der Waals surface area contributed by atoms with Gasteiger partial charge in [0, 0.05) is 32.9 Å². The van der Waals surface area contributed by atoms with E-state index in [0.29, 0.717) is 50.8 Å². The van der Waals surface area contributed by atoms with Crippen LogP contribution in [0.3, 0.4) is 0 Å². The maximum atomic E-state index is 11.2. The molecule has 9 nitrogen and oxygen atoms in total. The molecule has 0 saturated heterocycles. The normalized spacial score (nSPS) is 15.9. The van der Waals surface area contributed by atoms with E-state index in [4.69, 9.17) is 18.3 Å². The molecular formula is C28H33Br2NO8S2. The molecule has 0 radical (unpaired) electrons. The van der Waals surface area contributed by atoms with Crippen LogP contribution in [-0.4, -0.2) is 50.2 Å². The van der Waals surface area contributed by atoms with Crippen molar-refractivity contribution in [3.8, 4) is 5.75 Å². The number of hydrogen-bond acceptors (Lipinski definition) is 7. The van der Waals surface area contributed by atoms with Gasteiger partial charge in [-0.3, -0.25) is 9.11 Å². The Labute approximate surface area is 257 Å². The highest BCUT2D eigenvalue weighted by Gasteiger charge is 2.31. The van der Waals surface area contributed by atoms with Crippen LogP contribution in [0.25, 0.3) is 17.0 Å². The number of benzene rings is 2. The molecule has 224 valence electrons. The SMILES string of the molecule is CC/C(=C/c1oc2ccc(Br)cc2c1CCCCS(=O)(=O)O)CC1Oc2ccc(Br)cc2N1CCCCS(=O)(=O)O. The van der Waals surface area contributed by atoms with Gasteiger partial charge in [0.15, 0.2) is 6.23 Å². The molecule has 0 aliphatic carbocycles. The van der Waals surface area contributed by atoms with E-state index in [1.807, 2.05) is 42.5 Å². The fraction of sp³-hybridized carbons (Fsp3) is 0.429. The summed E-state index contributed by atoms with van der Waals surface area (Å²) in [5, 5.41) is 0.947. The summed E-state index contributed by atoms with van der Waals surface area (Å²) in [5.41, 5.74) is 3.71. The minimum Gasteiger partial charge on any atom is -0.468 e. The van der Waals surface area contributed by atoms with Crippen LogP contribution in [0.4, 0.5) is 5.69 Å². The molecule has 3 aromatic rings. The van der Waals surface area contributed by atoms with Crippen molar-refractivity contribution in [2.24, 2.45) is 0 Å². The molecule has 1 aromatic heterocycles. The Morgan fingerprint density at radius 1 is 0.951 bits per heavy atom. The van der Waals surface area contributed by atoms with Crippen LogP contribution < -0.4 is 9.64 Å². The lowest BCUT2D eigenvalue weighted by molar-refractivity contribution is 0.222. The van der Waals surface area contributed by atoms with Gasteiger partial charge in [-0.15, -0.1) is 0 Å². The highest BCUT2D eigenvalue weighted by atomic mass is 79.9. The summed E-state index contributed by atoms with van der Waals surface area (Å²) >= 11 is 7.05. The smallest absolute Gasteiger partial charge is 0.264 e. The number of anilines is 1. The molecule has 0 amide bonds. The summed E-state index contributed by atoms with van der Waals surface area (Å²) in [7, 11) is -8.03. The zero-order valence-corrected chi connectivity index (χ0v) is 27.4. The van der Waals surface area contributed by atoms with Crippen molar-refractivity contribution in [3.63, 3.8) is 0 Å². The van der Waals surface area contributed by atoms with Crippen molar-refractivity contribution >= 4 is 74.8 Å². The second kappa shape index (κ2) is 13.6. The average molecular weight is 736 g/mol. The first-order valence-corrected chi connectivity index (χ1v) is 18.2. The van der Waals surface area contributed by atoms with Crippen molar-refractivity contribution in [2.75, 3.05) is 23.0 Å². The van der Waals surface area contributed by atoms with E-state index in [9.17, 15) is 16.8 Å². The van der Waals surface area contributed by atoms with Gasteiger partial charge in [-0.1, -0.05) is 44.4 Å². The largest absolute Gasteiger partial charge is 0.468 e. The molecule has 0 spiro atoms. The van der Waals surface area contributed by atoms with Gasteiger partial charge in [-0.05, 0) is 81.0 Å². The van der Waals surface area contributed by atoms with Gasteiger partial charge in [0.2, 0.25) is 0 Å². The number of hydrogen-bond donors (Lipinski definition) is 2. The van der Waals surface area contributed by atoms with Gasteiger partial charge in [-0.25, -0.2) is 0 Å². The highest BCUT2D eigenvalue weighted by Crippen LogP contribution is 2.41. The van der Waals surface area contributed by atoms with Crippen LogP contribution in [0.1, 0.15) is 56.8 Å². The van der Waals surface area contributed by atoms with Crippen molar-refractivity contribution in [2.45, 2.75) is 58.1 Å². The van der Waals surface area contributed by atoms with Crippen molar-refractivity contribution in [1.82, 2.24) is 0 Å². The third-order valence-corrected chi connectivity index (χ3v) is 9.58. The third-order valence-electron chi connectivity index (χ3n) is 6.98. The first-order chi connectivity index (χ1) is 19.3. The van der Waals surface area contributed by atoms with E-state index in [2.05, 4.69) is 43.7 Å². The van der Waals surface area contributed by atoms with Gasteiger partial charge in [0.25, 0.3) is 20.2 Å². The Morgan fingerprint density at radius 2 is 1.61 bits per heavy atom. The summed E-state index contributed by atoms with van der Waals surface area (Å²) in [4.78, 5) is 2.12. The summed E-state index contributed by atoms with van der Waals surface area (Å²) in [5.74, 6) is 0.886. The van der Waals surface area contributed by atoms with Crippen molar-refractivity contribution in [3.05, 3.63) is 62.2 Å². The second-order valence-electron chi connectivity index (χ2n) is 10.1. The second-order valence-corrected chi connectivity index (χ2v) is 15.0. The number of nitrogens with zero attached hydrogens (tertiary/aromatic N) is 1. The van der Waals surface area contributed by atoms with Gasteiger partial charge < -0.3 is 14.1 Å². The number of furan rings is 1.